The second-order valence-corrected chi connectivity index (χ2v) is 10.4. The molecule has 45 heavy (non-hydrogen) atoms. The van der Waals surface area contributed by atoms with Crippen molar-refractivity contribution in [3.05, 3.63) is 125 Å². The number of nitrogens with one attached hydrogen (secondary N) is 2. The quantitative estimate of drug-likeness (QED) is 0.196. The molecular formula is C33H29F4N5O3. The zero-order valence-electron chi connectivity index (χ0n) is 24.3. The maximum atomic E-state index is 14.3. The molecule has 3 atom stereocenters. The molecule has 0 spiro atoms. The molecule has 3 aromatic carbocycles. The molecule has 0 fully saturated rings. The summed E-state index contributed by atoms with van der Waals surface area (Å²) in [6, 6.07) is 16.2. The van der Waals surface area contributed by atoms with Crippen LogP contribution in [0.2, 0.25) is 0 Å². The molecular weight excluding hydrogens is 590 g/mol. The second-order valence-electron chi connectivity index (χ2n) is 10.4. The third-order valence-corrected chi connectivity index (χ3v) is 7.60. The molecule has 5 rings (SSSR count). The SMILES string of the molecule is C=CC(=O)N[C@@H](C)c1nn(-c2ccccc2)c2c1[C@H](c1ccc(F)cc1)[C@H](NC(=O)c1cccc(C(F)(F)F)c1)C(=O)N2CC. The monoisotopic (exact) mass is 619 g/mol. The Kier molecular flexibility index (Phi) is 8.58. The van der Waals surface area contributed by atoms with Gasteiger partial charge in [-0.1, -0.05) is 43.0 Å². The normalized spacial score (nSPS) is 16.9. The fourth-order valence-corrected chi connectivity index (χ4v) is 5.53. The highest BCUT2D eigenvalue weighted by Gasteiger charge is 2.47. The Hall–Kier alpha value is -5.26. The number of benzene rings is 3. The number of halogens is 4. The third-order valence-electron chi connectivity index (χ3n) is 7.60. The second kappa shape index (κ2) is 12.4. The predicted molar refractivity (Wildman–Crippen MR) is 159 cm³/mol. The van der Waals surface area contributed by atoms with Gasteiger partial charge in [-0.3, -0.25) is 19.3 Å². The fourth-order valence-electron chi connectivity index (χ4n) is 5.53. The number of hydrogen-bond acceptors (Lipinski definition) is 4. The van der Waals surface area contributed by atoms with Gasteiger partial charge in [-0.2, -0.15) is 18.3 Å². The average Bonchev–Trinajstić information content (AvgIpc) is 3.42. The van der Waals surface area contributed by atoms with E-state index in [2.05, 4.69) is 17.2 Å². The van der Waals surface area contributed by atoms with Crippen molar-refractivity contribution in [3.63, 3.8) is 0 Å². The van der Waals surface area contributed by atoms with Gasteiger partial charge in [0.05, 0.1) is 23.0 Å². The standard InChI is InChI=1S/C33H29F4N5O3/c1-4-25(43)38-19(3)28-27-26(20-14-16-23(34)17-15-20)29(39-30(44)21-10-9-11-22(18-21)33(35,36)37)32(45)41(5-2)31(27)42(40-28)24-12-7-6-8-13-24/h4,6-19,26,29H,1,5H2,2-3H3,(H,38,43)(H,39,44)/t19-,26-,29-/m0/s1. The van der Waals surface area contributed by atoms with Crippen LogP contribution in [0.5, 0.6) is 0 Å². The lowest BCUT2D eigenvalue weighted by molar-refractivity contribution is -0.137. The summed E-state index contributed by atoms with van der Waals surface area (Å²) in [7, 11) is 0. The Morgan fingerprint density at radius 1 is 1.04 bits per heavy atom. The van der Waals surface area contributed by atoms with E-state index in [0.717, 1.165) is 18.2 Å². The number of likely N-dealkylation sites (N-methyl/N-ethyl adjacent to an activating group) is 1. The van der Waals surface area contributed by atoms with Crippen LogP contribution in [-0.4, -0.2) is 40.1 Å². The molecule has 0 bridgehead atoms. The lowest BCUT2D eigenvalue weighted by Gasteiger charge is -2.39. The summed E-state index contributed by atoms with van der Waals surface area (Å²) in [5.41, 5.74) is 0.567. The Bertz CT molecular complexity index is 1750. The first-order valence-corrected chi connectivity index (χ1v) is 14.1. The largest absolute Gasteiger partial charge is 0.416 e. The van der Waals surface area contributed by atoms with E-state index in [1.54, 1.807) is 42.8 Å². The first kappa shape index (κ1) is 31.2. The summed E-state index contributed by atoms with van der Waals surface area (Å²) in [5, 5.41) is 10.3. The van der Waals surface area contributed by atoms with Gasteiger partial charge >= 0.3 is 6.18 Å². The molecule has 1 aliphatic heterocycles. The van der Waals surface area contributed by atoms with Crippen molar-refractivity contribution in [2.24, 2.45) is 0 Å². The zero-order valence-corrected chi connectivity index (χ0v) is 24.3. The summed E-state index contributed by atoms with van der Waals surface area (Å²) in [4.78, 5) is 41.6. The van der Waals surface area contributed by atoms with E-state index in [-0.39, 0.29) is 12.1 Å². The van der Waals surface area contributed by atoms with Crippen molar-refractivity contribution in [3.8, 4) is 5.69 Å². The molecule has 12 heteroatoms. The summed E-state index contributed by atoms with van der Waals surface area (Å²) in [5.74, 6) is -3.06. The van der Waals surface area contributed by atoms with Gasteiger partial charge in [-0.25, -0.2) is 9.07 Å². The molecule has 1 aliphatic rings. The first-order chi connectivity index (χ1) is 21.4. The van der Waals surface area contributed by atoms with Crippen LogP contribution in [0.15, 0.2) is 91.5 Å². The minimum Gasteiger partial charge on any atom is -0.344 e. The zero-order chi connectivity index (χ0) is 32.5. The molecule has 0 unspecified atom stereocenters. The van der Waals surface area contributed by atoms with Gasteiger partial charge in [0.1, 0.15) is 17.7 Å². The highest BCUT2D eigenvalue weighted by molar-refractivity contribution is 6.05. The minimum atomic E-state index is -4.69. The molecule has 3 amide bonds. The number of carbonyl (C=O) groups is 3. The van der Waals surface area contributed by atoms with E-state index in [9.17, 15) is 31.9 Å². The van der Waals surface area contributed by atoms with Gasteiger partial charge in [0.2, 0.25) is 5.91 Å². The third kappa shape index (κ3) is 6.08. The van der Waals surface area contributed by atoms with Crippen LogP contribution in [0.3, 0.4) is 0 Å². The van der Waals surface area contributed by atoms with Crippen LogP contribution in [0.1, 0.15) is 58.5 Å². The molecule has 1 aromatic heterocycles. The number of aromatic nitrogens is 2. The molecule has 4 aromatic rings. The van der Waals surface area contributed by atoms with Crippen LogP contribution in [0.25, 0.3) is 5.69 Å². The number of anilines is 1. The number of hydrogen-bond donors (Lipinski definition) is 2. The van der Waals surface area contributed by atoms with Gasteiger partial charge in [0.15, 0.2) is 0 Å². The number of alkyl halides is 3. The van der Waals surface area contributed by atoms with Crippen LogP contribution < -0.4 is 15.5 Å². The molecule has 232 valence electrons. The number of nitrogens with zero attached hydrogens (tertiary/aromatic N) is 3. The maximum Gasteiger partial charge on any atom is 0.416 e. The van der Waals surface area contributed by atoms with E-state index in [0.29, 0.717) is 34.4 Å². The van der Waals surface area contributed by atoms with Crippen LogP contribution in [-0.2, 0) is 15.8 Å². The summed E-state index contributed by atoms with van der Waals surface area (Å²) < 4.78 is 56.0. The number of rotatable bonds is 8. The number of amides is 3. The Balaban J connectivity index is 1.73. The lowest BCUT2D eigenvalue weighted by Crippen LogP contribution is -2.55. The smallest absolute Gasteiger partial charge is 0.344 e. The van der Waals surface area contributed by atoms with Gasteiger partial charge in [-0.05, 0) is 68.0 Å². The predicted octanol–water partition coefficient (Wildman–Crippen LogP) is 5.69. The average molecular weight is 620 g/mol. The van der Waals surface area contributed by atoms with Gasteiger partial charge in [0.25, 0.3) is 11.8 Å². The fraction of sp³-hybridized carbons (Fsp3) is 0.212. The molecule has 2 heterocycles. The van der Waals surface area contributed by atoms with E-state index in [1.165, 1.54) is 35.2 Å². The minimum absolute atomic E-state index is 0.142. The Morgan fingerprint density at radius 3 is 2.36 bits per heavy atom. The van der Waals surface area contributed by atoms with Crippen molar-refractivity contribution >= 4 is 23.5 Å². The topological polar surface area (TPSA) is 96.3 Å². The highest BCUT2D eigenvalue weighted by Crippen LogP contribution is 2.45. The molecule has 0 saturated carbocycles. The molecule has 0 saturated heterocycles. The van der Waals surface area contributed by atoms with Crippen molar-refractivity contribution in [1.82, 2.24) is 20.4 Å². The van der Waals surface area contributed by atoms with E-state index in [4.69, 9.17) is 5.10 Å². The van der Waals surface area contributed by atoms with Crippen molar-refractivity contribution in [2.75, 3.05) is 11.4 Å². The maximum absolute atomic E-state index is 14.3. The highest BCUT2D eigenvalue weighted by atomic mass is 19.4. The van der Waals surface area contributed by atoms with Gasteiger partial charge in [-0.15, -0.1) is 0 Å². The number of carbonyl (C=O) groups excluding carboxylic acids is 3. The van der Waals surface area contributed by atoms with Crippen molar-refractivity contribution < 1.29 is 31.9 Å². The van der Waals surface area contributed by atoms with Crippen molar-refractivity contribution in [1.29, 1.82) is 0 Å². The van der Waals surface area contributed by atoms with E-state index >= 15 is 0 Å². The van der Waals surface area contributed by atoms with Crippen LogP contribution in [0.4, 0.5) is 23.4 Å². The molecule has 8 nitrogen and oxygen atoms in total. The van der Waals surface area contributed by atoms with Gasteiger partial charge in [0, 0.05) is 23.6 Å². The molecule has 0 radical (unpaired) electrons. The summed E-state index contributed by atoms with van der Waals surface area (Å²) in [6.45, 7) is 7.08. The first-order valence-electron chi connectivity index (χ1n) is 14.1. The van der Waals surface area contributed by atoms with E-state index in [1.807, 2.05) is 6.07 Å². The van der Waals surface area contributed by atoms with Crippen molar-refractivity contribution in [2.45, 2.75) is 38.0 Å². The number of fused-ring (bicyclic) bond motifs is 1. The Morgan fingerprint density at radius 2 is 1.73 bits per heavy atom. The Labute approximate surface area is 256 Å². The number of para-hydroxylation sites is 1. The summed E-state index contributed by atoms with van der Waals surface area (Å²) >= 11 is 0. The van der Waals surface area contributed by atoms with E-state index < -0.39 is 53.3 Å². The lowest BCUT2D eigenvalue weighted by atomic mass is 9.80. The van der Waals surface area contributed by atoms with Crippen LogP contribution >= 0.6 is 0 Å². The molecule has 2 N–H and O–H groups in total. The van der Waals surface area contributed by atoms with Gasteiger partial charge < -0.3 is 10.6 Å². The molecule has 0 aliphatic carbocycles. The van der Waals surface area contributed by atoms with Crippen LogP contribution in [0, 0.1) is 5.82 Å². The summed E-state index contributed by atoms with van der Waals surface area (Å²) in [6.07, 6.45) is -3.58.